The fraction of sp³-hybridized carbons (Fsp3) is 0.143. The van der Waals surface area contributed by atoms with Crippen LogP contribution in [0.1, 0.15) is 5.56 Å². The minimum Gasteiger partial charge on any atom is -0.449 e. The van der Waals surface area contributed by atoms with Crippen LogP contribution in [-0.4, -0.2) is 21.9 Å². The number of rotatable bonds is 4. The molecule has 0 radical (unpaired) electrons. The van der Waals surface area contributed by atoms with Gasteiger partial charge in [0, 0.05) is 25.9 Å². The van der Waals surface area contributed by atoms with Gasteiger partial charge in [0.25, 0.3) is 0 Å². The Labute approximate surface area is 121 Å². The van der Waals surface area contributed by atoms with Crippen molar-refractivity contribution in [1.29, 1.82) is 0 Å². The van der Waals surface area contributed by atoms with Gasteiger partial charge in [-0.3, -0.25) is 0 Å². The molecule has 0 aliphatic rings. The normalized spacial score (nSPS) is 9.95. The lowest BCUT2D eigenvalue weighted by molar-refractivity contribution is 0.141. The summed E-state index contributed by atoms with van der Waals surface area (Å²) in [5, 5.41) is 13.9. The van der Waals surface area contributed by atoms with Crippen LogP contribution in [0.2, 0.25) is 0 Å². The summed E-state index contributed by atoms with van der Waals surface area (Å²) in [6.45, 7) is 0.401. The molecule has 110 valence electrons. The van der Waals surface area contributed by atoms with Crippen molar-refractivity contribution >= 4 is 17.9 Å². The third-order valence-corrected chi connectivity index (χ3v) is 2.70. The Morgan fingerprint density at radius 1 is 1.29 bits per heavy atom. The van der Waals surface area contributed by atoms with Crippen molar-refractivity contribution in [2.45, 2.75) is 6.54 Å². The van der Waals surface area contributed by atoms with Crippen molar-refractivity contribution in [3.05, 3.63) is 48.2 Å². The van der Waals surface area contributed by atoms with Gasteiger partial charge in [-0.1, -0.05) is 30.3 Å². The van der Waals surface area contributed by atoms with E-state index >= 15 is 0 Å². The number of amides is 2. The lowest BCUT2D eigenvalue weighted by atomic mass is 10.2. The van der Waals surface area contributed by atoms with Crippen LogP contribution in [0.4, 0.5) is 15.3 Å². The fourth-order valence-electron chi connectivity index (χ4n) is 1.76. The summed E-state index contributed by atoms with van der Waals surface area (Å²) in [5.41, 5.74) is 1.43. The maximum absolute atomic E-state index is 11.7. The molecule has 0 bridgehead atoms. The first-order valence-electron chi connectivity index (χ1n) is 6.20. The van der Waals surface area contributed by atoms with Crippen molar-refractivity contribution in [3.63, 3.8) is 0 Å². The van der Waals surface area contributed by atoms with Gasteiger partial charge in [0.05, 0.1) is 5.69 Å². The number of urea groups is 1. The van der Waals surface area contributed by atoms with Crippen LogP contribution in [0.3, 0.4) is 0 Å². The number of ether oxygens (including phenoxy) is 1. The predicted octanol–water partition coefficient (Wildman–Crippen LogP) is 2.40. The van der Waals surface area contributed by atoms with Crippen LogP contribution in [0.15, 0.2) is 42.6 Å². The topological polar surface area (TPSA) is 92.6 Å². The molecular weight excluding hydrogens is 274 g/mol. The second-order valence-corrected chi connectivity index (χ2v) is 4.34. The number of benzene rings is 1. The van der Waals surface area contributed by atoms with Gasteiger partial charge < -0.3 is 25.0 Å². The van der Waals surface area contributed by atoms with Crippen LogP contribution in [0.25, 0.3) is 0 Å². The van der Waals surface area contributed by atoms with E-state index in [1.165, 1.54) is 10.6 Å². The first kappa shape index (κ1) is 14.4. The Kier molecular flexibility index (Phi) is 4.45. The van der Waals surface area contributed by atoms with Crippen LogP contribution in [0.5, 0.6) is 5.88 Å². The molecule has 1 heterocycles. The summed E-state index contributed by atoms with van der Waals surface area (Å²) in [5.74, 6) is 0.126. The lowest BCUT2D eigenvalue weighted by Gasteiger charge is -2.05. The maximum Gasteiger partial charge on any atom is 0.512 e. The molecule has 2 aromatic rings. The van der Waals surface area contributed by atoms with Crippen LogP contribution in [-0.2, 0) is 13.6 Å². The summed E-state index contributed by atoms with van der Waals surface area (Å²) in [7, 11) is 1.62. The van der Waals surface area contributed by atoms with Crippen molar-refractivity contribution in [2.75, 3.05) is 5.32 Å². The molecule has 0 aliphatic heterocycles. The fourth-order valence-corrected chi connectivity index (χ4v) is 1.76. The number of carboxylic acid groups (broad SMARTS) is 1. The van der Waals surface area contributed by atoms with Crippen LogP contribution < -0.4 is 15.4 Å². The zero-order valence-corrected chi connectivity index (χ0v) is 11.4. The van der Waals surface area contributed by atoms with Gasteiger partial charge in [0.15, 0.2) is 0 Å². The average Bonchev–Trinajstić information content (AvgIpc) is 2.77. The third kappa shape index (κ3) is 4.27. The van der Waals surface area contributed by atoms with Crippen molar-refractivity contribution in [1.82, 2.24) is 9.88 Å². The number of nitrogens with one attached hydrogen (secondary N) is 2. The molecule has 2 amide bonds. The number of anilines is 1. The van der Waals surface area contributed by atoms with Crippen molar-refractivity contribution in [3.8, 4) is 5.88 Å². The van der Waals surface area contributed by atoms with E-state index in [2.05, 4.69) is 15.4 Å². The summed E-state index contributed by atoms with van der Waals surface area (Å²) < 4.78 is 6.00. The van der Waals surface area contributed by atoms with Gasteiger partial charge in [-0.2, -0.15) is 0 Å². The number of nitrogens with zero attached hydrogens (tertiary/aromatic N) is 1. The molecule has 21 heavy (non-hydrogen) atoms. The van der Waals surface area contributed by atoms with E-state index in [4.69, 9.17) is 5.11 Å². The first-order chi connectivity index (χ1) is 10.0. The monoisotopic (exact) mass is 289 g/mol. The number of carbonyl (C=O) groups is 2. The second kappa shape index (κ2) is 6.47. The van der Waals surface area contributed by atoms with Gasteiger partial charge in [-0.05, 0) is 5.56 Å². The molecule has 3 N–H and O–H groups in total. The van der Waals surface area contributed by atoms with Gasteiger partial charge in [-0.15, -0.1) is 0 Å². The van der Waals surface area contributed by atoms with Gasteiger partial charge in [-0.25, -0.2) is 9.59 Å². The molecule has 0 fully saturated rings. The second-order valence-electron chi connectivity index (χ2n) is 4.34. The highest BCUT2D eigenvalue weighted by Crippen LogP contribution is 2.19. The maximum atomic E-state index is 11.7. The molecule has 2 rings (SSSR count). The smallest absolute Gasteiger partial charge is 0.449 e. The summed E-state index contributed by atoms with van der Waals surface area (Å²) in [6.07, 6.45) is 0.150. The quantitative estimate of drug-likeness (QED) is 0.753. The van der Waals surface area contributed by atoms with Gasteiger partial charge >= 0.3 is 12.2 Å². The Hall–Kier alpha value is -2.96. The highest BCUT2D eigenvalue weighted by molar-refractivity contribution is 5.89. The molecule has 0 atom stereocenters. The molecule has 0 saturated heterocycles. The highest BCUT2D eigenvalue weighted by atomic mass is 16.7. The largest absolute Gasteiger partial charge is 0.512 e. The number of aromatic nitrogens is 1. The van der Waals surface area contributed by atoms with E-state index < -0.39 is 6.16 Å². The highest BCUT2D eigenvalue weighted by Gasteiger charge is 2.10. The van der Waals surface area contributed by atoms with E-state index in [9.17, 15) is 9.59 Å². The van der Waals surface area contributed by atoms with Crippen LogP contribution >= 0.6 is 0 Å². The molecular formula is C14H15N3O4. The number of hydrogen-bond acceptors (Lipinski definition) is 3. The Morgan fingerprint density at radius 3 is 2.67 bits per heavy atom. The molecule has 0 saturated carbocycles. The number of hydrogen-bond donors (Lipinski definition) is 3. The van der Waals surface area contributed by atoms with E-state index in [0.29, 0.717) is 12.2 Å². The zero-order valence-electron chi connectivity index (χ0n) is 11.4. The Morgan fingerprint density at radius 2 is 2.00 bits per heavy atom. The first-order valence-corrected chi connectivity index (χ1v) is 6.20. The molecule has 0 unspecified atom stereocenters. The van der Waals surface area contributed by atoms with E-state index in [1.54, 1.807) is 13.2 Å². The average molecular weight is 289 g/mol. The zero-order chi connectivity index (χ0) is 15.2. The van der Waals surface area contributed by atoms with Gasteiger partial charge in [0.2, 0.25) is 5.88 Å². The minimum absolute atomic E-state index is 0.126. The number of carbonyl (C=O) groups excluding carboxylic acids is 1. The molecule has 0 aliphatic carbocycles. The van der Waals surface area contributed by atoms with Gasteiger partial charge in [0.1, 0.15) is 0 Å². The van der Waals surface area contributed by atoms with Crippen LogP contribution in [0, 0.1) is 0 Å². The SMILES string of the molecule is Cn1cc(NC(=O)NCc2ccccc2)cc1OC(=O)O. The van der Waals surface area contributed by atoms with Crippen molar-refractivity contribution in [2.24, 2.45) is 7.05 Å². The molecule has 1 aromatic carbocycles. The lowest BCUT2D eigenvalue weighted by Crippen LogP contribution is -2.27. The number of aryl methyl sites for hydroxylation is 1. The van der Waals surface area contributed by atoms with Crippen molar-refractivity contribution < 1.29 is 19.4 Å². The van der Waals surface area contributed by atoms with E-state index in [1.807, 2.05) is 30.3 Å². The Bertz CT molecular complexity index is 637. The molecule has 7 heteroatoms. The van der Waals surface area contributed by atoms with E-state index in [-0.39, 0.29) is 11.9 Å². The third-order valence-electron chi connectivity index (χ3n) is 2.70. The Balaban J connectivity index is 1.89. The molecule has 7 nitrogen and oxygen atoms in total. The molecule has 0 spiro atoms. The summed E-state index contributed by atoms with van der Waals surface area (Å²) in [6, 6.07) is 10.5. The summed E-state index contributed by atoms with van der Waals surface area (Å²) >= 11 is 0. The van der Waals surface area contributed by atoms with E-state index in [0.717, 1.165) is 5.56 Å². The summed E-state index contributed by atoms with van der Waals surface area (Å²) in [4.78, 5) is 22.2. The molecule has 1 aromatic heterocycles. The standard InChI is InChI=1S/C14H15N3O4/c1-17-9-11(7-12(17)21-14(19)20)16-13(18)15-8-10-5-3-2-4-6-10/h2-7,9H,8H2,1H3,(H,19,20)(H2,15,16,18). The predicted molar refractivity (Wildman–Crippen MR) is 76.4 cm³/mol. The minimum atomic E-state index is -1.41.